The fourth-order valence-corrected chi connectivity index (χ4v) is 3.19. The summed E-state index contributed by atoms with van der Waals surface area (Å²) in [6.45, 7) is 2.34. The van der Waals surface area contributed by atoms with Gasteiger partial charge in [-0.1, -0.05) is 6.07 Å². The maximum Gasteiger partial charge on any atom is 0.160 e. The van der Waals surface area contributed by atoms with Gasteiger partial charge in [-0.05, 0) is 37.1 Å². The molecule has 0 spiro atoms. The molecule has 26 heavy (non-hydrogen) atoms. The standard InChI is InChI=1S/C19H22N6O/c1-24-12-10-21-19(24)17-7-8-18(23-22-17)25-11-4-6-16(13-25)26-14-15-5-2-3-9-20-15/h2-3,5,7-10,12,16H,4,6,11,13-14H2,1H3. The van der Waals surface area contributed by atoms with Crippen molar-refractivity contribution in [3.8, 4) is 11.5 Å². The molecule has 1 aliphatic rings. The number of piperidine rings is 1. The molecule has 4 heterocycles. The zero-order chi connectivity index (χ0) is 17.8. The van der Waals surface area contributed by atoms with E-state index < -0.39 is 0 Å². The summed E-state index contributed by atoms with van der Waals surface area (Å²) >= 11 is 0. The van der Waals surface area contributed by atoms with Gasteiger partial charge < -0.3 is 14.2 Å². The minimum atomic E-state index is 0.182. The van der Waals surface area contributed by atoms with Gasteiger partial charge in [-0.25, -0.2) is 4.98 Å². The molecule has 1 fully saturated rings. The van der Waals surface area contributed by atoms with Crippen LogP contribution in [0.2, 0.25) is 0 Å². The number of rotatable bonds is 5. The largest absolute Gasteiger partial charge is 0.370 e. The smallest absolute Gasteiger partial charge is 0.160 e. The molecule has 0 bridgehead atoms. The van der Waals surface area contributed by atoms with Crippen LogP contribution in [0.3, 0.4) is 0 Å². The summed E-state index contributed by atoms with van der Waals surface area (Å²) < 4.78 is 7.99. The Morgan fingerprint density at radius 3 is 2.81 bits per heavy atom. The summed E-state index contributed by atoms with van der Waals surface area (Å²) in [5.41, 5.74) is 1.74. The molecule has 4 rings (SSSR count). The predicted octanol–water partition coefficient (Wildman–Crippen LogP) is 2.46. The second-order valence-corrected chi connectivity index (χ2v) is 6.48. The third-order valence-corrected chi connectivity index (χ3v) is 4.60. The normalized spacial score (nSPS) is 17.4. The molecule has 0 radical (unpaired) electrons. The van der Waals surface area contributed by atoms with Gasteiger partial charge in [0.1, 0.15) is 5.69 Å². The first kappa shape index (κ1) is 16.7. The van der Waals surface area contributed by atoms with E-state index in [9.17, 15) is 0 Å². The van der Waals surface area contributed by atoms with E-state index in [0.29, 0.717) is 6.61 Å². The summed E-state index contributed by atoms with van der Waals surface area (Å²) in [5, 5.41) is 8.76. The number of imidazole rings is 1. The second-order valence-electron chi connectivity index (χ2n) is 6.48. The average Bonchev–Trinajstić information content (AvgIpc) is 3.13. The van der Waals surface area contributed by atoms with Crippen molar-refractivity contribution in [3.05, 3.63) is 54.6 Å². The Hall–Kier alpha value is -2.80. The number of nitrogens with zero attached hydrogens (tertiary/aromatic N) is 6. The lowest BCUT2D eigenvalue weighted by molar-refractivity contribution is 0.0297. The first-order valence-electron chi connectivity index (χ1n) is 8.87. The molecule has 3 aromatic rings. The van der Waals surface area contributed by atoms with Crippen molar-refractivity contribution in [1.29, 1.82) is 0 Å². The minimum Gasteiger partial charge on any atom is -0.370 e. The molecule has 7 heteroatoms. The molecular formula is C19H22N6O. The number of hydrogen-bond acceptors (Lipinski definition) is 6. The molecule has 0 amide bonds. The number of ether oxygens (including phenoxy) is 1. The summed E-state index contributed by atoms with van der Waals surface area (Å²) in [7, 11) is 1.95. The molecular weight excluding hydrogens is 328 g/mol. The number of anilines is 1. The number of hydrogen-bond donors (Lipinski definition) is 0. The van der Waals surface area contributed by atoms with Crippen LogP contribution in [0, 0.1) is 0 Å². The fraction of sp³-hybridized carbons (Fsp3) is 0.368. The molecule has 0 N–H and O–H groups in total. The maximum absolute atomic E-state index is 6.05. The fourth-order valence-electron chi connectivity index (χ4n) is 3.19. The number of aromatic nitrogens is 5. The van der Waals surface area contributed by atoms with Gasteiger partial charge in [0.25, 0.3) is 0 Å². The van der Waals surface area contributed by atoms with Gasteiger partial charge in [-0.3, -0.25) is 4.98 Å². The van der Waals surface area contributed by atoms with Crippen LogP contribution in [0.15, 0.2) is 48.9 Å². The van der Waals surface area contributed by atoms with Crippen molar-refractivity contribution in [2.24, 2.45) is 7.05 Å². The summed E-state index contributed by atoms with van der Waals surface area (Å²) in [6.07, 6.45) is 7.78. The Kier molecular flexibility index (Phi) is 4.88. The third kappa shape index (κ3) is 3.72. The topological polar surface area (TPSA) is 69.0 Å². The van der Waals surface area contributed by atoms with Crippen LogP contribution in [0.1, 0.15) is 18.5 Å². The average molecular weight is 350 g/mol. The Morgan fingerprint density at radius 1 is 1.12 bits per heavy atom. The highest BCUT2D eigenvalue weighted by atomic mass is 16.5. The van der Waals surface area contributed by atoms with E-state index in [1.807, 2.05) is 48.1 Å². The number of pyridine rings is 1. The van der Waals surface area contributed by atoms with E-state index in [1.54, 1.807) is 12.4 Å². The molecule has 0 saturated carbocycles. The van der Waals surface area contributed by atoms with Crippen molar-refractivity contribution in [2.45, 2.75) is 25.6 Å². The van der Waals surface area contributed by atoms with Crippen LogP contribution < -0.4 is 4.90 Å². The van der Waals surface area contributed by atoms with E-state index in [2.05, 4.69) is 25.1 Å². The monoisotopic (exact) mass is 350 g/mol. The van der Waals surface area contributed by atoms with Crippen molar-refractivity contribution in [2.75, 3.05) is 18.0 Å². The van der Waals surface area contributed by atoms with Crippen LogP contribution >= 0.6 is 0 Å². The zero-order valence-electron chi connectivity index (χ0n) is 14.8. The first-order valence-corrected chi connectivity index (χ1v) is 8.87. The van der Waals surface area contributed by atoms with Crippen molar-refractivity contribution in [1.82, 2.24) is 24.7 Å². The predicted molar refractivity (Wildman–Crippen MR) is 98.5 cm³/mol. The Labute approximate surface area is 152 Å². The molecule has 1 saturated heterocycles. The zero-order valence-corrected chi connectivity index (χ0v) is 14.8. The molecule has 1 unspecified atom stereocenters. The summed E-state index contributed by atoms with van der Waals surface area (Å²) in [5.74, 6) is 1.70. The highest BCUT2D eigenvalue weighted by molar-refractivity contribution is 5.51. The lowest BCUT2D eigenvalue weighted by Crippen LogP contribution is -2.40. The van der Waals surface area contributed by atoms with Crippen LogP contribution in [0.4, 0.5) is 5.82 Å². The molecule has 0 aliphatic carbocycles. The molecule has 134 valence electrons. The van der Waals surface area contributed by atoms with E-state index >= 15 is 0 Å². The minimum absolute atomic E-state index is 0.182. The van der Waals surface area contributed by atoms with E-state index in [0.717, 1.165) is 49.0 Å². The van der Waals surface area contributed by atoms with Crippen LogP contribution in [0.25, 0.3) is 11.5 Å². The third-order valence-electron chi connectivity index (χ3n) is 4.60. The van der Waals surface area contributed by atoms with E-state index in [1.165, 1.54) is 0 Å². The Morgan fingerprint density at radius 2 is 2.08 bits per heavy atom. The van der Waals surface area contributed by atoms with Gasteiger partial charge in [0.2, 0.25) is 0 Å². The molecule has 3 aromatic heterocycles. The highest BCUT2D eigenvalue weighted by Crippen LogP contribution is 2.21. The van der Waals surface area contributed by atoms with Crippen molar-refractivity contribution >= 4 is 5.82 Å². The van der Waals surface area contributed by atoms with Crippen LogP contribution in [-0.2, 0) is 18.4 Å². The Bertz CT molecular complexity index is 833. The number of aryl methyl sites for hydroxylation is 1. The molecule has 7 nitrogen and oxygen atoms in total. The van der Waals surface area contributed by atoms with Crippen LogP contribution in [0.5, 0.6) is 0 Å². The second kappa shape index (κ2) is 7.61. The van der Waals surface area contributed by atoms with E-state index in [4.69, 9.17) is 4.74 Å². The van der Waals surface area contributed by atoms with Crippen molar-refractivity contribution < 1.29 is 4.74 Å². The van der Waals surface area contributed by atoms with Gasteiger partial charge in [0.15, 0.2) is 11.6 Å². The first-order chi connectivity index (χ1) is 12.8. The lowest BCUT2D eigenvalue weighted by atomic mass is 10.1. The SMILES string of the molecule is Cn1ccnc1-c1ccc(N2CCCC(OCc3ccccn3)C2)nn1. The lowest BCUT2D eigenvalue weighted by Gasteiger charge is -2.33. The van der Waals surface area contributed by atoms with Gasteiger partial charge in [-0.15, -0.1) is 10.2 Å². The Balaban J connectivity index is 1.39. The van der Waals surface area contributed by atoms with Gasteiger partial charge in [-0.2, -0.15) is 0 Å². The maximum atomic E-state index is 6.05. The van der Waals surface area contributed by atoms with E-state index in [-0.39, 0.29) is 6.10 Å². The molecule has 0 aromatic carbocycles. The highest BCUT2D eigenvalue weighted by Gasteiger charge is 2.22. The summed E-state index contributed by atoms with van der Waals surface area (Å²) in [4.78, 5) is 10.9. The quantitative estimate of drug-likeness (QED) is 0.704. The van der Waals surface area contributed by atoms with Crippen LogP contribution in [-0.4, -0.2) is 43.9 Å². The molecule has 1 atom stereocenters. The van der Waals surface area contributed by atoms with Gasteiger partial charge in [0, 0.05) is 38.7 Å². The van der Waals surface area contributed by atoms with Gasteiger partial charge >= 0.3 is 0 Å². The van der Waals surface area contributed by atoms with Crippen molar-refractivity contribution in [3.63, 3.8) is 0 Å². The summed E-state index contributed by atoms with van der Waals surface area (Å²) in [6, 6.07) is 9.88. The van der Waals surface area contributed by atoms with Gasteiger partial charge in [0.05, 0.1) is 18.4 Å². The molecule has 1 aliphatic heterocycles.